The SMILES string of the molecule is CCN=C(C(C)C)N(C)CCCN(C)C. The van der Waals surface area contributed by atoms with E-state index in [9.17, 15) is 0 Å². The molecule has 0 saturated carbocycles. The van der Waals surface area contributed by atoms with Gasteiger partial charge in [0.2, 0.25) is 0 Å². The molecule has 0 aliphatic carbocycles. The van der Waals surface area contributed by atoms with Gasteiger partial charge in [-0.1, -0.05) is 13.8 Å². The van der Waals surface area contributed by atoms with E-state index in [1.165, 1.54) is 12.3 Å². The van der Waals surface area contributed by atoms with Crippen LogP contribution < -0.4 is 0 Å². The molecule has 0 radical (unpaired) electrons. The Morgan fingerprint density at radius 3 is 2.13 bits per heavy atom. The third kappa shape index (κ3) is 6.50. The van der Waals surface area contributed by atoms with Crippen LogP contribution in [-0.4, -0.2) is 56.4 Å². The maximum atomic E-state index is 4.55. The van der Waals surface area contributed by atoms with Crippen LogP contribution in [0.3, 0.4) is 0 Å². The van der Waals surface area contributed by atoms with Gasteiger partial charge in [-0.05, 0) is 34.0 Å². The third-order valence-corrected chi connectivity index (χ3v) is 2.33. The minimum atomic E-state index is 0.523. The van der Waals surface area contributed by atoms with Crippen LogP contribution in [0.15, 0.2) is 4.99 Å². The van der Waals surface area contributed by atoms with Crippen LogP contribution in [0.5, 0.6) is 0 Å². The molecule has 0 heterocycles. The number of amidine groups is 1. The van der Waals surface area contributed by atoms with E-state index in [1.54, 1.807) is 0 Å². The molecular weight excluding hydrogens is 186 g/mol. The molecule has 0 fully saturated rings. The Morgan fingerprint density at radius 2 is 1.73 bits per heavy atom. The minimum Gasteiger partial charge on any atom is -0.363 e. The second kappa shape index (κ2) is 7.69. The van der Waals surface area contributed by atoms with Gasteiger partial charge in [-0.15, -0.1) is 0 Å². The maximum absolute atomic E-state index is 4.55. The van der Waals surface area contributed by atoms with Gasteiger partial charge in [-0.3, -0.25) is 4.99 Å². The van der Waals surface area contributed by atoms with Gasteiger partial charge in [-0.2, -0.15) is 0 Å². The van der Waals surface area contributed by atoms with Crippen molar-refractivity contribution in [1.29, 1.82) is 0 Å². The van der Waals surface area contributed by atoms with Crippen molar-refractivity contribution in [2.75, 3.05) is 40.8 Å². The molecule has 0 bridgehead atoms. The quantitative estimate of drug-likeness (QED) is 0.496. The summed E-state index contributed by atoms with van der Waals surface area (Å²) >= 11 is 0. The van der Waals surface area contributed by atoms with Crippen molar-refractivity contribution < 1.29 is 0 Å². The summed E-state index contributed by atoms with van der Waals surface area (Å²) in [5.41, 5.74) is 0. The van der Waals surface area contributed by atoms with Crippen LogP contribution in [0.25, 0.3) is 0 Å². The third-order valence-electron chi connectivity index (χ3n) is 2.33. The molecule has 0 spiro atoms. The molecule has 0 aromatic rings. The largest absolute Gasteiger partial charge is 0.363 e. The molecule has 0 rings (SSSR count). The molecule has 0 aromatic heterocycles. The van der Waals surface area contributed by atoms with E-state index in [0.29, 0.717) is 5.92 Å². The zero-order valence-corrected chi connectivity index (χ0v) is 11.2. The summed E-state index contributed by atoms with van der Waals surface area (Å²) in [5.74, 6) is 1.76. The molecule has 0 N–H and O–H groups in total. The molecule has 0 atom stereocenters. The first-order chi connectivity index (χ1) is 6.99. The summed E-state index contributed by atoms with van der Waals surface area (Å²) < 4.78 is 0. The molecule has 3 nitrogen and oxygen atoms in total. The topological polar surface area (TPSA) is 18.8 Å². The Kier molecular flexibility index (Phi) is 7.39. The Hall–Kier alpha value is -0.570. The molecule has 0 saturated heterocycles. The fourth-order valence-electron chi connectivity index (χ4n) is 1.64. The maximum Gasteiger partial charge on any atom is 0.101 e. The van der Waals surface area contributed by atoms with Crippen molar-refractivity contribution in [3.63, 3.8) is 0 Å². The van der Waals surface area contributed by atoms with Crippen molar-refractivity contribution in [2.24, 2.45) is 10.9 Å². The average molecular weight is 213 g/mol. The Morgan fingerprint density at radius 1 is 1.13 bits per heavy atom. The first-order valence-corrected chi connectivity index (χ1v) is 5.89. The second-order valence-electron chi connectivity index (χ2n) is 4.57. The number of hydrogen-bond acceptors (Lipinski definition) is 2. The lowest BCUT2D eigenvalue weighted by Gasteiger charge is -2.24. The van der Waals surface area contributed by atoms with Gasteiger partial charge in [0.15, 0.2) is 0 Å². The molecule has 3 heteroatoms. The first kappa shape index (κ1) is 14.4. The monoisotopic (exact) mass is 213 g/mol. The van der Waals surface area contributed by atoms with Crippen LogP contribution in [0, 0.1) is 5.92 Å². The zero-order chi connectivity index (χ0) is 11.8. The Labute approximate surface area is 95.2 Å². The van der Waals surface area contributed by atoms with E-state index < -0.39 is 0 Å². The van der Waals surface area contributed by atoms with Gasteiger partial charge in [0, 0.05) is 26.1 Å². The Bertz CT molecular complexity index is 185. The van der Waals surface area contributed by atoms with Crippen molar-refractivity contribution in [3.8, 4) is 0 Å². The summed E-state index contributed by atoms with van der Waals surface area (Å²) in [7, 11) is 6.37. The van der Waals surface area contributed by atoms with Crippen LogP contribution in [0.1, 0.15) is 27.2 Å². The van der Waals surface area contributed by atoms with Gasteiger partial charge in [0.25, 0.3) is 0 Å². The molecule has 0 aliphatic heterocycles. The minimum absolute atomic E-state index is 0.523. The smallest absolute Gasteiger partial charge is 0.101 e. The molecule has 0 aromatic carbocycles. The average Bonchev–Trinajstić information content (AvgIpc) is 2.12. The van der Waals surface area contributed by atoms with Crippen LogP contribution in [-0.2, 0) is 0 Å². The van der Waals surface area contributed by atoms with Gasteiger partial charge in [-0.25, -0.2) is 0 Å². The second-order valence-corrected chi connectivity index (χ2v) is 4.57. The summed E-state index contributed by atoms with van der Waals surface area (Å²) in [6.07, 6.45) is 1.19. The summed E-state index contributed by atoms with van der Waals surface area (Å²) in [5, 5.41) is 0. The van der Waals surface area contributed by atoms with E-state index in [0.717, 1.165) is 19.6 Å². The van der Waals surface area contributed by atoms with Crippen molar-refractivity contribution in [3.05, 3.63) is 0 Å². The first-order valence-electron chi connectivity index (χ1n) is 5.89. The summed E-state index contributed by atoms with van der Waals surface area (Å²) in [6.45, 7) is 9.62. The fourth-order valence-corrected chi connectivity index (χ4v) is 1.64. The van der Waals surface area contributed by atoms with E-state index in [-0.39, 0.29) is 0 Å². The van der Waals surface area contributed by atoms with E-state index >= 15 is 0 Å². The van der Waals surface area contributed by atoms with Crippen LogP contribution in [0.4, 0.5) is 0 Å². The Balaban J connectivity index is 4.04. The van der Waals surface area contributed by atoms with Crippen molar-refractivity contribution in [2.45, 2.75) is 27.2 Å². The van der Waals surface area contributed by atoms with Gasteiger partial charge >= 0.3 is 0 Å². The molecule has 0 amide bonds. The molecular formula is C12H27N3. The highest BCUT2D eigenvalue weighted by Crippen LogP contribution is 2.03. The number of nitrogens with zero attached hydrogens (tertiary/aromatic N) is 3. The molecule has 15 heavy (non-hydrogen) atoms. The van der Waals surface area contributed by atoms with Crippen molar-refractivity contribution in [1.82, 2.24) is 9.80 Å². The lowest BCUT2D eigenvalue weighted by atomic mass is 10.2. The predicted molar refractivity (Wildman–Crippen MR) is 68.6 cm³/mol. The zero-order valence-electron chi connectivity index (χ0n) is 11.2. The lowest BCUT2D eigenvalue weighted by Crippen LogP contribution is -2.33. The number of aliphatic imine (C=N–C) groups is 1. The highest BCUT2D eigenvalue weighted by Gasteiger charge is 2.09. The molecule has 90 valence electrons. The normalized spacial score (nSPS) is 12.7. The highest BCUT2D eigenvalue weighted by atomic mass is 15.2. The standard InChI is InChI=1S/C12H27N3/c1-7-13-12(11(2)3)15(6)10-8-9-14(4)5/h11H,7-10H2,1-6H3. The van der Waals surface area contributed by atoms with Gasteiger partial charge in [0.1, 0.15) is 5.84 Å². The number of rotatable bonds is 6. The molecule has 0 aliphatic rings. The lowest BCUT2D eigenvalue weighted by molar-refractivity contribution is 0.365. The number of hydrogen-bond donors (Lipinski definition) is 0. The summed E-state index contributed by atoms with van der Waals surface area (Å²) in [4.78, 5) is 9.06. The van der Waals surface area contributed by atoms with Gasteiger partial charge < -0.3 is 9.80 Å². The van der Waals surface area contributed by atoms with Crippen LogP contribution >= 0.6 is 0 Å². The van der Waals surface area contributed by atoms with Crippen LogP contribution in [0.2, 0.25) is 0 Å². The van der Waals surface area contributed by atoms with Crippen molar-refractivity contribution >= 4 is 5.84 Å². The van der Waals surface area contributed by atoms with Gasteiger partial charge in [0.05, 0.1) is 0 Å². The molecule has 0 unspecified atom stereocenters. The highest BCUT2D eigenvalue weighted by molar-refractivity contribution is 5.83. The summed E-state index contributed by atoms with van der Waals surface area (Å²) in [6, 6.07) is 0. The van der Waals surface area contributed by atoms with E-state index in [2.05, 4.69) is 56.7 Å². The fraction of sp³-hybridized carbons (Fsp3) is 0.917. The predicted octanol–water partition coefficient (Wildman–Crippen LogP) is 1.94. The van der Waals surface area contributed by atoms with E-state index in [4.69, 9.17) is 0 Å². The van der Waals surface area contributed by atoms with E-state index in [1.807, 2.05) is 0 Å².